The zero-order valence-electron chi connectivity index (χ0n) is 23.2. The number of benzene rings is 2. The SMILES string of the molecule is Cc1c(CNCc2ccc(CN=C(NC(=O)OC(C)(C)C)NC(=O)OC(C)(C)C)cc2)sc2ccccc12. The van der Waals surface area contributed by atoms with Gasteiger partial charge in [-0.2, -0.15) is 0 Å². The summed E-state index contributed by atoms with van der Waals surface area (Å²) in [6.45, 7) is 14.5. The summed E-state index contributed by atoms with van der Waals surface area (Å²) in [4.78, 5) is 30.2. The highest BCUT2D eigenvalue weighted by molar-refractivity contribution is 7.19. The van der Waals surface area contributed by atoms with Gasteiger partial charge < -0.3 is 14.8 Å². The number of aliphatic imine (C=N–C) groups is 1. The first-order valence-corrected chi connectivity index (χ1v) is 13.4. The number of alkyl carbamates (subject to hydrolysis) is 2. The summed E-state index contributed by atoms with van der Waals surface area (Å²) in [5.41, 5.74) is 2.02. The number of carbonyl (C=O) groups excluding carboxylic acids is 2. The van der Waals surface area contributed by atoms with E-state index in [1.54, 1.807) is 41.5 Å². The molecule has 1 aromatic heterocycles. The van der Waals surface area contributed by atoms with Crippen LogP contribution in [0.5, 0.6) is 0 Å². The Hall–Kier alpha value is -3.43. The Morgan fingerprint density at radius 2 is 1.37 bits per heavy atom. The van der Waals surface area contributed by atoms with Crippen molar-refractivity contribution >= 4 is 39.6 Å². The molecule has 9 heteroatoms. The van der Waals surface area contributed by atoms with Gasteiger partial charge in [0.1, 0.15) is 11.2 Å². The van der Waals surface area contributed by atoms with Crippen LogP contribution in [-0.2, 0) is 29.1 Å². The number of guanidine groups is 1. The zero-order valence-corrected chi connectivity index (χ0v) is 24.0. The molecule has 0 radical (unpaired) electrons. The standard InChI is InChI=1S/C29H38N4O4S/c1-19-22-10-8-9-11-23(22)38-24(19)18-30-16-20-12-14-21(15-13-20)17-31-25(32-26(34)36-28(2,3)4)33-27(35)37-29(5,6)7/h8-15,30H,16-18H2,1-7H3,(H2,31,32,33,34,35). The van der Waals surface area contributed by atoms with E-state index in [2.05, 4.69) is 52.1 Å². The van der Waals surface area contributed by atoms with E-state index in [-0.39, 0.29) is 12.5 Å². The first-order chi connectivity index (χ1) is 17.8. The van der Waals surface area contributed by atoms with Gasteiger partial charge in [0.15, 0.2) is 0 Å². The maximum absolute atomic E-state index is 12.3. The summed E-state index contributed by atoms with van der Waals surface area (Å²) < 4.78 is 11.9. The predicted octanol–water partition coefficient (Wildman–Crippen LogP) is 6.40. The van der Waals surface area contributed by atoms with Gasteiger partial charge >= 0.3 is 12.2 Å². The number of nitrogens with zero attached hydrogens (tertiary/aromatic N) is 1. The third kappa shape index (κ3) is 9.46. The van der Waals surface area contributed by atoms with Gasteiger partial charge in [-0.25, -0.2) is 14.6 Å². The highest BCUT2D eigenvalue weighted by atomic mass is 32.1. The Labute approximate surface area is 228 Å². The molecule has 3 rings (SSSR count). The number of hydrogen-bond donors (Lipinski definition) is 3. The quantitative estimate of drug-likeness (QED) is 0.249. The van der Waals surface area contributed by atoms with Crippen LogP contribution in [0.15, 0.2) is 53.5 Å². The van der Waals surface area contributed by atoms with E-state index < -0.39 is 23.4 Å². The molecule has 0 atom stereocenters. The first-order valence-electron chi connectivity index (χ1n) is 12.6. The fourth-order valence-electron chi connectivity index (χ4n) is 3.56. The Balaban J connectivity index is 1.59. The molecule has 0 fully saturated rings. The van der Waals surface area contributed by atoms with Crippen molar-refractivity contribution in [3.8, 4) is 0 Å². The minimum Gasteiger partial charge on any atom is -0.444 e. The molecule has 1 heterocycles. The van der Waals surface area contributed by atoms with Gasteiger partial charge in [0.25, 0.3) is 0 Å². The molecule has 0 spiro atoms. The van der Waals surface area contributed by atoms with Gasteiger partial charge in [0, 0.05) is 22.7 Å². The number of fused-ring (bicyclic) bond motifs is 1. The lowest BCUT2D eigenvalue weighted by Gasteiger charge is -2.22. The number of carbonyl (C=O) groups is 2. The molecule has 8 nitrogen and oxygen atoms in total. The second-order valence-corrected chi connectivity index (χ2v) is 12.1. The lowest BCUT2D eigenvalue weighted by molar-refractivity contribution is 0.0545. The average Bonchev–Trinajstić information content (AvgIpc) is 3.11. The monoisotopic (exact) mass is 538 g/mol. The van der Waals surface area contributed by atoms with E-state index in [9.17, 15) is 9.59 Å². The molecule has 0 aliphatic rings. The topological polar surface area (TPSA) is 101 Å². The normalized spacial score (nSPS) is 11.7. The Bertz CT molecular complexity index is 1250. The summed E-state index contributed by atoms with van der Waals surface area (Å²) in [6.07, 6.45) is -1.44. The summed E-state index contributed by atoms with van der Waals surface area (Å²) in [5, 5.41) is 9.84. The molecular weight excluding hydrogens is 500 g/mol. The molecule has 2 aromatic carbocycles. The molecular formula is C29H38N4O4S. The molecule has 3 aromatic rings. The average molecular weight is 539 g/mol. The van der Waals surface area contributed by atoms with Gasteiger partial charge in [-0.05, 0) is 76.6 Å². The van der Waals surface area contributed by atoms with E-state index in [1.807, 2.05) is 35.6 Å². The van der Waals surface area contributed by atoms with Gasteiger partial charge in [-0.3, -0.25) is 10.6 Å². The Morgan fingerprint density at radius 1 is 0.816 bits per heavy atom. The summed E-state index contributed by atoms with van der Waals surface area (Å²) in [7, 11) is 0. The second kappa shape index (κ2) is 12.4. The second-order valence-electron chi connectivity index (χ2n) is 11.0. The number of ether oxygens (including phenoxy) is 2. The van der Waals surface area contributed by atoms with E-state index in [0.29, 0.717) is 0 Å². The number of aryl methyl sites for hydroxylation is 1. The van der Waals surface area contributed by atoms with Crippen LogP contribution in [0.3, 0.4) is 0 Å². The molecule has 2 amide bonds. The third-order valence-corrected chi connectivity index (χ3v) is 6.51. The van der Waals surface area contributed by atoms with Crippen LogP contribution in [-0.4, -0.2) is 29.3 Å². The summed E-state index contributed by atoms with van der Waals surface area (Å²) >= 11 is 1.83. The van der Waals surface area contributed by atoms with Crippen molar-refractivity contribution in [2.75, 3.05) is 0 Å². The molecule has 0 aliphatic carbocycles. The van der Waals surface area contributed by atoms with Gasteiger partial charge in [0.05, 0.1) is 6.54 Å². The van der Waals surface area contributed by atoms with E-state index >= 15 is 0 Å². The van der Waals surface area contributed by atoms with E-state index in [4.69, 9.17) is 9.47 Å². The third-order valence-electron chi connectivity index (χ3n) is 5.24. The maximum Gasteiger partial charge on any atom is 0.414 e. The van der Waals surface area contributed by atoms with Crippen LogP contribution in [0, 0.1) is 6.92 Å². The summed E-state index contributed by atoms with van der Waals surface area (Å²) in [5.74, 6) is -0.0436. The number of thiophene rings is 1. The predicted molar refractivity (Wildman–Crippen MR) is 153 cm³/mol. The maximum atomic E-state index is 12.3. The van der Waals surface area contributed by atoms with Crippen molar-refractivity contribution in [1.29, 1.82) is 0 Å². The van der Waals surface area contributed by atoms with Crippen molar-refractivity contribution in [3.63, 3.8) is 0 Å². The van der Waals surface area contributed by atoms with Crippen LogP contribution >= 0.6 is 11.3 Å². The molecule has 3 N–H and O–H groups in total. The fraction of sp³-hybridized carbons (Fsp3) is 0.414. The minimum atomic E-state index is -0.720. The van der Waals surface area contributed by atoms with Gasteiger partial charge in [-0.15, -0.1) is 11.3 Å². The molecule has 0 aliphatic heterocycles. The lowest BCUT2D eigenvalue weighted by Crippen LogP contribution is -2.47. The van der Waals surface area contributed by atoms with Crippen LogP contribution in [0.25, 0.3) is 10.1 Å². The van der Waals surface area contributed by atoms with Crippen molar-refractivity contribution in [2.45, 2.75) is 79.3 Å². The number of rotatable bonds is 6. The van der Waals surface area contributed by atoms with Gasteiger partial charge in [-0.1, -0.05) is 42.5 Å². The molecule has 38 heavy (non-hydrogen) atoms. The lowest BCUT2D eigenvalue weighted by atomic mass is 10.1. The van der Waals surface area contributed by atoms with Crippen molar-refractivity contribution < 1.29 is 19.1 Å². The van der Waals surface area contributed by atoms with Crippen LogP contribution in [0.1, 0.15) is 63.1 Å². The van der Waals surface area contributed by atoms with E-state index in [1.165, 1.54) is 20.5 Å². The summed E-state index contributed by atoms with van der Waals surface area (Å²) in [6, 6.07) is 16.5. The van der Waals surface area contributed by atoms with Crippen molar-refractivity contribution in [2.24, 2.45) is 4.99 Å². The Kier molecular flexibility index (Phi) is 9.51. The Morgan fingerprint density at radius 3 is 1.92 bits per heavy atom. The van der Waals surface area contributed by atoms with Crippen molar-refractivity contribution in [1.82, 2.24) is 16.0 Å². The molecule has 0 unspecified atom stereocenters. The molecule has 0 saturated heterocycles. The smallest absolute Gasteiger partial charge is 0.414 e. The molecule has 204 valence electrons. The van der Waals surface area contributed by atoms with Gasteiger partial charge in [0.2, 0.25) is 5.96 Å². The van der Waals surface area contributed by atoms with E-state index in [0.717, 1.165) is 24.2 Å². The van der Waals surface area contributed by atoms with Crippen LogP contribution < -0.4 is 16.0 Å². The van der Waals surface area contributed by atoms with Crippen LogP contribution in [0.2, 0.25) is 0 Å². The van der Waals surface area contributed by atoms with Crippen LogP contribution in [0.4, 0.5) is 9.59 Å². The fourth-order valence-corrected chi connectivity index (χ4v) is 4.74. The largest absolute Gasteiger partial charge is 0.444 e. The number of hydrogen-bond acceptors (Lipinski definition) is 7. The first kappa shape index (κ1) is 29.1. The molecule has 0 saturated carbocycles. The number of amides is 2. The highest BCUT2D eigenvalue weighted by Gasteiger charge is 2.21. The van der Waals surface area contributed by atoms with Crippen molar-refractivity contribution in [3.05, 3.63) is 70.1 Å². The minimum absolute atomic E-state index is 0.0436. The molecule has 0 bridgehead atoms. The highest BCUT2D eigenvalue weighted by Crippen LogP contribution is 2.30. The zero-order chi connectivity index (χ0) is 27.9. The number of nitrogens with one attached hydrogen (secondary N) is 3.